The van der Waals surface area contributed by atoms with Gasteiger partial charge in [-0.2, -0.15) is 4.31 Å². The fourth-order valence-electron chi connectivity index (χ4n) is 4.42. The maximum atomic E-state index is 13.3. The summed E-state index contributed by atoms with van der Waals surface area (Å²) in [5.41, 5.74) is 1.44. The summed E-state index contributed by atoms with van der Waals surface area (Å²) in [4.78, 5) is 40.6. The van der Waals surface area contributed by atoms with Crippen LogP contribution < -0.4 is 10.6 Å². The van der Waals surface area contributed by atoms with Crippen molar-refractivity contribution in [3.8, 4) is 0 Å². The van der Waals surface area contributed by atoms with Crippen molar-refractivity contribution in [2.45, 2.75) is 52.5 Å². The third kappa shape index (κ3) is 7.17. The molecule has 12 heteroatoms. The van der Waals surface area contributed by atoms with Crippen LogP contribution in [0.25, 0.3) is 0 Å². The number of hydrogen-bond donors (Lipinski definition) is 2. The summed E-state index contributed by atoms with van der Waals surface area (Å²) in [6.45, 7) is 11.4. The Morgan fingerprint density at radius 3 is 2.21 bits per heavy atom. The predicted octanol–water partition coefficient (Wildman–Crippen LogP) is 4.18. The fourth-order valence-corrected chi connectivity index (χ4v) is 7.44. The van der Waals surface area contributed by atoms with Gasteiger partial charge < -0.3 is 20.3 Å². The highest BCUT2D eigenvalue weighted by Crippen LogP contribution is 2.37. The number of anilines is 1. The molecule has 1 aliphatic heterocycles. The lowest BCUT2D eigenvalue weighted by Crippen LogP contribution is -2.37. The number of carbonyl (C=O) groups is 3. The van der Waals surface area contributed by atoms with E-state index in [4.69, 9.17) is 4.74 Å². The van der Waals surface area contributed by atoms with Crippen molar-refractivity contribution in [2.24, 2.45) is 11.8 Å². The van der Waals surface area contributed by atoms with Gasteiger partial charge in [-0.1, -0.05) is 27.7 Å². The summed E-state index contributed by atoms with van der Waals surface area (Å²) in [5, 5.41) is 5.83. The van der Waals surface area contributed by atoms with Gasteiger partial charge in [0, 0.05) is 37.1 Å². The third-order valence-electron chi connectivity index (χ3n) is 6.16. The van der Waals surface area contributed by atoms with Crippen LogP contribution in [-0.2, 0) is 27.7 Å². The highest BCUT2D eigenvalue weighted by molar-refractivity contribution is 7.89. The molecule has 39 heavy (non-hydrogen) atoms. The van der Waals surface area contributed by atoms with Crippen LogP contribution in [0.15, 0.2) is 29.2 Å². The van der Waals surface area contributed by atoms with E-state index in [9.17, 15) is 22.8 Å². The van der Waals surface area contributed by atoms with Crippen molar-refractivity contribution in [1.82, 2.24) is 14.5 Å². The van der Waals surface area contributed by atoms with Gasteiger partial charge in [0.25, 0.3) is 11.8 Å². The number of rotatable bonds is 10. The Kier molecular flexibility index (Phi) is 10.1. The number of carbonyl (C=O) groups excluding carboxylic acids is 3. The zero-order valence-corrected chi connectivity index (χ0v) is 25.0. The molecule has 1 aliphatic rings. The van der Waals surface area contributed by atoms with Gasteiger partial charge in [-0.25, -0.2) is 13.2 Å². The van der Waals surface area contributed by atoms with Crippen LogP contribution in [0.4, 0.5) is 9.80 Å². The van der Waals surface area contributed by atoms with Crippen molar-refractivity contribution in [3.05, 3.63) is 45.8 Å². The number of thiophene rings is 1. The molecule has 0 aliphatic carbocycles. The lowest BCUT2D eigenvalue weighted by atomic mass is 10.0. The van der Waals surface area contributed by atoms with Gasteiger partial charge in [-0.05, 0) is 55.0 Å². The Labute approximate surface area is 234 Å². The minimum absolute atomic E-state index is 0.122. The van der Waals surface area contributed by atoms with E-state index in [0.29, 0.717) is 36.6 Å². The number of ether oxygens (including phenoxy) is 1. The Balaban J connectivity index is 1.84. The summed E-state index contributed by atoms with van der Waals surface area (Å²) in [6, 6.07) is 5.82. The molecule has 0 saturated carbocycles. The van der Waals surface area contributed by atoms with Crippen molar-refractivity contribution >= 4 is 44.3 Å². The van der Waals surface area contributed by atoms with E-state index in [2.05, 4.69) is 10.6 Å². The highest BCUT2D eigenvalue weighted by atomic mass is 32.2. The Morgan fingerprint density at radius 2 is 1.67 bits per heavy atom. The van der Waals surface area contributed by atoms with E-state index in [1.54, 1.807) is 11.8 Å². The van der Waals surface area contributed by atoms with Crippen molar-refractivity contribution < 1.29 is 27.5 Å². The molecule has 1 aromatic carbocycles. The Morgan fingerprint density at radius 1 is 1.05 bits per heavy atom. The van der Waals surface area contributed by atoms with E-state index in [0.717, 1.165) is 10.4 Å². The van der Waals surface area contributed by atoms with Gasteiger partial charge in [0.15, 0.2) is 0 Å². The summed E-state index contributed by atoms with van der Waals surface area (Å²) < 4.78 is 33.2. The first-order valence-electron chi connectivity index (χ1n) is 13.1. The Bertz CT molecular complexity index is 1290. The molecule has 1 aromatic heterocycles. The van der Waals surface area contributed by atoms with Gasteiger partial charge in [0.05, 0.1) is 23.6 Å². The maximum Gasteiger partial charge on any atom is 0.410 e. The molecule has 3 rings (SSSR count). The largest absolute Gasteiger partial charge is 0.450 e. The molecule has 10 nitrogen and oxygen atoms in total. The van der Waals surface area contributed by atoms with Crippen LogP contribution in [0.2, 0.25) is 0 Å². The molecule has 2 aromatic rings. The first-order valence-corrected chi connectivity index (χ1v) is 15.3. The zero-order valence-electron chi connectivity index (χ0n) is 23.4. The lowest BCUT2D eigenvalue weighted by molar-refractivity contribution is 0.0961. The van der Waals surface area contributed by atoms with E-state index in [1.807, 2.05) is 27.7 Å². The fraction of sp³-hybridized carbons (Fsp3) is 0.519. The van der Waals surface area contributed by atoms with Crippen LogP contribution >= 0.6 is 11.3 Å². The first kappa shape index (κ1) is 30.6. The monoisotopic (exact) mass is 578 g/mol. The van der Waals surface area contributed by atoms with Crippen LogP contribution in [0.3, 0.4) is 0 Å². The van der Waals surface area contributed by atoms with Gasteiger partial charge in [0.2, 0.25) is 10.0 Å². The number of hydrogen-bond acceptors (Lipinski definition) is 7. The van der Waals surface area contributed by atoms with Crippen LogP contribution in [0.1, 0.15) is 65.8 Å². The van der Waals surface area contributed by atoms with Gasteiger partial charge in [0.1, 0.15) is 5.00 Å². The lowest BCUT2D eigenvalue weighted by Gasteiger charge is -2.26. The first-order chi connectivity index (χ1) is 18.4. The summed E-state index contributed by atoms with van der Waals surface area (Å²) in [7, 11) is -2.20. The second-order valence-electron chi connectivity index (χ2n) is 10.2. The molecule has 2 heterocycles. The standard InChI is InChI=1S/C27H38N4O6S2/c1-7-37-27(34)30-13-12-21-22(16-30)38-26(23(21)25(33)28-6)29-24(32)19-8-10-20(11-9-19)39(35,36)31(14-17(2)3)15-18(4)5/h8-11,17-18H,7,12-16H2,1-6H3,(H,28,33)(H,29,32). The average Bonchev–Trinajstić information content (AvgIpc) is 3.24. The molecule has 0 spiro atoms. The third-order valence-corrected chi connectivity index (χ3v) is 9.13. The summed E-state index contributed by atoms with van der Waals surface area (Å²) in [6.07, 6.45) is 0.0399. The van der Waals surface area contributed by atoms with Crippen molar-refractivity contribution in [1.29, 1.82) is 0 Å². The van der Waals surface area contributed by atoms with Gasteiger partial charge in [-0.15, -0.1) is 11.3 Å². The Hall–Kier alpha value is -2.96. The predicted molar refractivity (Wildman–Crippen MR) is 152 cm³/mol. The zero-order chi connectivity index (χ0) is 28.9. The maximum absolute atomic E-state index is 13.3. The normalized spacial score (nSPS) is 13.5. The highest BCUT2D eigenvalue weighted by Gasteiger charge is 2.31. The second kappa shape index (κ2) is 12.9. The van der Waals surface area contributed by atoms with Gasteiger partial charge >= 0.3 is 6.09 Å². The molecule has 0 fully saturated rings. The molecule has 0 bridgehead atoms. The van der Waals surface area contributed by atoms with Crippen molar-refractivity contribution in [2.75, 3.05) is 38.6 Å². The second-order valence-corrected chi connectivity index (χ2v) is 13.3. The summed E-state index contributed by atoms with van der Waals surface area (Å²) >= 11 is 1.25. The number of amides is 3. The molecular weight excluding hydrogens is 540 g/mol. The number of benzene rings is 1. The number of fused-ring (bicyclic) bond motifs is 1. The topological polar surface area (TPSA) is 125 Å². The molecule has 2 N–H and O–H groups in total. The van der Waals surface area contributed by atoms with E-state index < -0.39 is 22.0 Å². The molecule has 0 atom stereocenters. The molecule has 0 radical (unpaired) electrons. The minimum atomic E-state index is -3.72. The molecule has 0 unspecified atom stereocenters. The average molecular weight is 579 g/mol. The SMILES string of the molecule is CCOC(=O)N1CCc2c(sc(NC(=O)c3ccc(S(=O)(=O)N(CC(C)C)CC(C)C)cc3)c2C(=O)NC)C1. The molecule has 3 amide bonds. The quantitative estimate of drug-likeness (QED) is 0.436. The number of nitrogens with zero attached hydrogens (tertiary/aromatic N) is 2. The van der Waals surface area contributed by atoms with E-state index in [1.165, 1.54) is 47.0 Å². The van der Waals surface area contributed by atoms with Crippen LogP contribution in [0, 0.1) is 11.8 Å². The summed E-state index contributed by atoms with van der Waals surface area (Å²) in [5.74, 6) is -0.464. The van der Waals surface area contributed by atoms with Crippen LogP contribution in [-0.4, -0.2) is 68.8 Å². The molecular formula is C27H38N4O6S2. The minimum Gasteiger partial charge on any atom is -0.450 e. The smallest absolute Gasteiger partial charge is 0.410 e. The van der Waals surface area contributed by atoms with E-state index in [-0.39, 0.29) is 41.4 Å². The van der Waals surface area contributed by atoms with E-state index >= 15 is 0 Å². The van der Waals surface area contributed by atoms with Crippen molar-refractivity contribution in [3.63, 3.8) is 0 Å². The molecule has 214 valence electrons. The number of sulfonamides is 1. The van der Waals surface area contributed by atoms with Crippen LogP contribution in [0.5, 0.6) is 0 Å². The van der Waals surface area contributed by atoms with Gasteiger partial charge in [-0.3, -0.25) is 9.59 Å². The molecule has 0 saturated heterocycles. The number of nitrogens with one attached hydrogen (secondary N) is 2.